The molecule has 5 heteroatoms. The van der Waals surface area contributed by atoms with Crippen molar-refractivity contribution in [2.45, 2.75) is 53.4 Å². The van der Waals surface area contributed by atoms with Gasteiger partial charge in [0.15, 0.2) is 5.78 Å². The topological polar surface area (TPSA) is 62.5 Å². The van der Waals surface area contributed by atoms with Crippen molar-refractivity contribution in [2.75, 3.05) is 19.6 Å². The first-order valence-corrected chi connectivity index (χ1v) is 10.5. The number of carbonyl (C=O) groups is 2. The molecule has 2 aromatic rings. The summed E-state index contributed by atoms with van der Waals surface area (Å²) >= 11 is 0. The molecule has 0 amide bonds. The molecule has 0 radical (unpaired) electrons. The van der Waals surface area contributed by atoms with E-state index in [1.807, 2.05) is 19.9 Å². The molecule has 3 rings (SSSR count). The number of aryl methyl sites for hydroxylation is 3. The lowest BCUT2D eigenvalue weighted by molar-refractivity contribution is -0.137. The molecule has 29 heavy (non-hydrogen) atoms. The molecule has 1 fully saturated rings. The molecular formula is C24H32N2O3. The van der Waals surface area contributed by atoms with Crippen molar-refractivity contribution in [2.24, 2.45) is 5.92 Å². The number of nitrogens with zero attached hydrogens (tertiary/aromatic N) is 2. The van der Waals surface area contributed by atoms with Crippen molar-refractivity contribution >= 4 is 11.8 Å². The Bertz CT molecular complexity index is 913. The number of ketones is 1. The maximum Gasteiger partial charge on any atom is 0.303 e. The number of likely N-dealkylation sites (tertiary alicyclic amines) is 1. The number of aromatic nitrogens is 1. The monoisotopic (exact) mass is 396 g/mol. The van der Waals surface area contributed by atoms with E-state index in [4.69, 9.17) is 5.11 Å². The molecule has 1 atom stereocenters. The van der Waals surface area contributed by atoms with Crippen LogP contribution in [0.1, 0.15) is 58.6 Å². The van der Waals surface area contributed by atoms with Crippen LogP contribution in [-0.2, 0) is 4.79 Å². The van der Waals surface area contributed by atoms with Crippen molar-refractivity contribution in [3.05, 3.63) is 52.3 Å². The zero-order valence-corrected chi connectivity index (χ0v) is 18.0. The molecule has 0 spiro atoms. The summed E-state index contributed by atoms with van der Waals surface area (Å²) in [5.41, 5.74) is 6.42. The van der Waals surface area contributed by atoms with Gasteiger partial charge in [-0.1, -0.05) is 6.07 Å². The SMILES string of the molecule is Cc1ccc(-n2c(C)cc(C(=O)CN3CCCC(CCC(=O)O)C3)c2C)cc1C. The van der Waals surface area contributed by atoms with Gasteiger partial charge in [-0.3, -0.25) is 14.5 Å². The number of Topliss-reactive ketones (excluding diaryl/α,β-unsaturated/α-hetero) is 1. The highest BCUT2D eigenvalue weighted by Gasteiger charge is 2.24. The Morgan fingerprint density at radius 1 is 1.10 bits per heavy atom. The lowest BCUT2D eigenvalue weighted by atomic mass is 9.93. The fraction of sp³-hybridized carbons (Fsp3) is 0.500. The van der Waals surface area contributed by atoms with Gasteiger partial charge in [0.25, 0.3) is 0 Å². The first-order chi connectivity index (χ1) is 13.8. The predicted octanol–water partition coefficient (Wildman–Crippen LogP) is 4.47. The quantitative estimate of drug-likeness (QED) is 0.702. The molecule has 5 nitrogen and oxygen atoms in total. The number of carboxylic acids is 1. The number of aliphatic carboxylic acids is 1. The molecule has 1 aromatic heterocycles. The Morgan fingerprint density at radius 2 is 1.86 bits per heavy atom. The highest BCUT2D eigenvalue weighted by molar-refractivity contribution is 5.99. The fourth-order valence-corrected chi connectivity index (χ4v) is 4.45. The van der Waals surface area contributed by atoms with E-state index in [2.05, 4.69) is 41.5 Å². The van der Waals surface area contributed by atoms with Crippen LogP contribution in [0, 0.1) is 33.6 Å². The Morgan fingerprint density at radius 3 is 2.55 bits per heavy atom. The second-order valence-corrected chi connectivity index (χ2v) is 8.49. The minimum atomic E-state index is -0.739. The average Bonchev–Trinajstić information content (AvgIpc) is 2.97. The normalized spacial score (nSPS) is 17.4. The standard InChI is InChI=1S/C24H32N2O3/c1-16-7-9-21(12-17(16)2)26-18(3)13-22(19(26)4)23(27)15-25-11-5-6-20(14-25)8-10-24(28)29/h7,9,12-13,20H,5-6,8,10-11,14-15H2,1-4H3,(H,28,29). The molecule has 0 bridgehead atoms. The first kappa shape index (κ1) is 21.3. The predicted molar refractivity (Wildman–Crippen MR) is 115 cm³/mol. The Hall–Kier alpha value is -2.40. The van der Waals surface area contributed by atoms with Gasteiger partial charge in [-0.05, 0) is 88.7 Å². The number of carboxylic acid groups (broad SMARTS) is 1. The summed E-state index contributed by atoms with van der Waals surface area (Å²) in [4.78, 5) is 26.1. The second kappa shape index (κ2) is 8.95. The van der Waals surface area contributed by atoms with Gasteiger partial charge < -0.3 is 9.67 Å². The van der Waals surface area contributed by atoms with E-state index < -0.39 is 5.97 Å². The number of piperidine rings is 1. The summed E-state index contributed by atoms with van der Waals surface area (Å²) in [6.45, 7) is 10.4. The van der Waals surface area contributed by atoms with Crippen LogP contribution in [-0.4, -0.2) is 46.0 Å². The molecule has 2 heterocycles. The summed E-state index contributed by atoms with van der Waals surface area (Å²) in [7, 11) is 0. The maximum absolute atomic E-state index is 13.1. The number of carbonyl (C=O) groups excluding carboxylic acids is 1. The van der Waals surface area contributed by atoms with E-state index in [9.17, 15) is 9.59 Å². The minimum absolute atomic E-state index is 0.145. The van der Waals surface area contributed by atoms with Crippen LogP contribution in [0.25, 0.3) is 5.69 Å². The lowest BCUT2D eigenvalue weighted by Crippen LogP contribution is -2.39. The molecule has 156 valence electrons. The molecule has 1 aromatic carbocycles. The molecule has 0 saturated carbocycles. The van der Waals surface area contributed by atoms with Crippen LogP contribution in [0.3, 0.4) is 0 Å². The van der Waals surface area contributed by atoms with Crippen molar-refractivity contribution in [3.8, 4) is 5.69 Å². The van der Waals surface area contributed by atoms with Gasteiger partial charge in [-0.2, -0.15) is 0 Å². The van der Waals surface area contributed by atoms with Crippen LogP contribution in [0.2, 0.25) is 0 Å². The summed E-state index contributed by atoms with van der Waals surface area (Å²) in [6, 6.07) is 8.39. The number of benzene rings is 1. The minimum Gasteiger partial charge on any atom is -0.481 e. The summed E-state index contributed by atoms with van der Waals surface area (Å²) in [5.74, 6) is -0.223. The Labute approximate surface area is 173 Å². The number of hydrogen-bond acceptors (Lipinski definition) is 3. The first-order valence-electron chi connectivity index (χ1n) is 10.5. The molecule has 1 aliphatic heterocycles. The van der Waals surface area contributed by atoms with E-state index in [1.54, 1.807) is 0 Å². The summed E-state index contributed by atoms with van der Waals surface area (Å²) in [5, 5.41) is 8.92. The third-order valence-corrected chi connectivity index (χ3v) is 6.22. The van der Waals surface area contributed by atoms with Crippen LogP contribution in [0.4, 0.5) is 0 Å². The Kier molecular flexibility index (Phi) is 6.58. The lowest BCUT2D eigenvalue weighted by Gasteiger charge is -2.32. The smallest absolute Gasteiger partial charge is 0.303 e. The van der Waals surface area contributed by atoms with Crippen LogP contribution in [0.5, 0.6) is 0 Å². The van der Waals surface area contributed by atoms with Gasteiger partial charge >= 0.3 is 5.97 Å². The highest BCUT2D eigenvalue weighted by Crippen LogP contribution is 2.25. The van der Waals surface area contributed by atoms with Gasteiger partial charge in [0, 0.05) is 35.6 Å². The number of hydrogen-bond donors (Lipinski definition) is 1. The third kappa shape index (κ3) is 4.96. The molecule has 1 saturated heterocycles. The van der Waals surface area contributed by atoms with Gasteiger partial charge in [0.05, 0.1) is 6.54 Å². The van der Waals surface area contributed by atoms with E-state index >= 15 is 0 Å². The van der Waals surface area contributed by atoms with Crippen LogP contribution < -0.4 is 0 Å². The fourth-order valence-electron chi connectivity index (χ4n) is 4.45. The van der Waals surface area contributed by atoms with E-state index in [1.165, 1.54) is 11.1 Å². The molecule has 0 aliphatic carbocycles. The van der Waals surface area contributed by atoms with Gasteiger partial charge in [0.2, 0.25) is 0 Å². The third-order valence-electron chi connectivity index (χ3n) is 6.22. The zero-order chi connectivity index (χ0) is 21.1. The Balaban J connectivity index is 1.73. The molecular weight excluding hydrogens is 364 g/mol. The van der Waals surface area contributed by atoms with E-state index in [-0.39, 0.29) is 12.2 Å². The van der Waals surface area contributed by atoms with Gasteiger partial charge in [-0.25, -0.2) is 0 Å². The van der Waals surface area contributed by atoms with Crippen LogP contribution >= 0.6 is 0 Å². The van der Waals surface area contributed by atoms with E-state index in [0.29, 0.717) is 18.9 Å². The van der Waals surface area contributed by atoms with Gasteiger partial charge in [-0.15, -0.1) is 0 Å². The highest BCUT2D eigenvalue weighted by atomic mass is 16.4. The van der Waals surface area contributed by atoms with Crippen molar-refractivity contribution in [3.63, 3.8) is 0 Å². The van der Waals surface area contributed by atoms with Crippen LogP contribution in [0.15, 0.2) is 24.3 Å². The van der Waals surface area contributed by atoms with Crippen molar-refractivity contribution < 1.29 is 14.7 Å². The number of rotatable bonds is 7. The zero-order valence-electron chi connectivity index (χ0n) is 18.0. The van der Waals surface area contributed by atoms with Crippen molar-refractivity contribution in [1.29, 1.82) is 0 Å². The maximum atomic E-state index is 13.1. The molecule has 1 unspecified atom stereocenters. The molecule has 1 N–H and O–H groups in total. The van der Waals surface area contributed by atoms with E-state index in [0.717, 1.165) is 48.6 Å². The summed E-state index contributed by atoms with van der Waals surface area (Å²) in [6.07, 6.45) is 2.99. The van der Waals surface area contributed by atoms with Crippen molar-refractivity contribution in [1.82, 2.24) is 9.47 Å². The largest absolute Gasteiger partial charge is 0.481 e. The van der Waals surface area contributed by atoms with Gasteiger partial charge in [0.1, 0.15) is 0 Å². The molecule has 1 aliphatic rings. The summed E-state index contributed by atoms with van der Waals surface area (Å²) < 4.78 is 2.16. The second-order valence-electron chi connectivity index (χ2n) is 8.49. The average molecular weight is 397 g/mol.